The van der Waals surface area contributed by atoms with Crippen molar-refractivity contribution in [1.29, 1.82) is 0 Å². The molecule has 0 aromatic rings. The molecule has 0 aromatic heterocycles. The van der Waals surface area contributed by atoms with Gasteiger partial charge < -0.3 is 20.4 Å². The van der Waals surface area contributed by atoms with Crippen molar-refractivity contribution in [3.05, 3.63) is 0 Å². The molecule has 0 bridgehead atoms. The lowest BCUT2D eigenvalue weighted by atomic mass is 9.85. The Bertz CT molecular complexity index is 394. The van der Waals surface area contributed by atoms with Gasteiger partial charge in [-0.05, 0) is 25.7 Å². The van der Waals surface area contributed by atoms with Gasteiger partial charge in [-0.2, -0.15) is 0 Å². The number of hydrogen-bond donors (Lipinski definition) is 3. The fraction of sp³-hybridized carbons (Fsp3) is 0.750. The lowest BCUT2D eigenvalue weighted by molar-refractivity contribution is -0.156. The molecule has 1 aliphatic carbocycles. The van der Waals surface area contributed by atoms with Gasteiger partial charge in [-0.3, -0.25) is 9.59 Å². The predicted molar refractivity (Wildman–Crippen MR) is 64.6 cm³/mol. The van der Waals surface area contributed by atoms with E-state index >= 15 is 0 Å². The second-order valence-corrected chi connectivity index (χ2v) is 5.20. The van der Waals surface area contributed by atoms with Crippen LogP contribution in [0.2, 0.25) is 0 Å². The van der Waals surface area contributed by atoms with Crippen LogP contribution in [-0.4, -0.2) is 52.2 Å². The van der Waals surface area contributed by atoms with Crippen LogP contribution in [0, 0.1) is 11.8 Å². The summed E-state index contributed by atoms with van der Waals surface area (Å²) >= 11 is 0. The summed E-state index contributed by atoms with van der Waals surface area (Å²) < 4.78 is 0. The largest absolute Gasteiger partial charge is 0.481 e. The van der Waals surface area contributed by atoms with Crippen LogP contribution in [0.3, 0.4) is 0 Å². The number of nitrogens with one attached hydrogen (secondary N) is 1. The van der Waals surface area contributed by atoms with Gasteiger partial charge >= 0.3 is 18.0 Å². The van der Waals surface area contributed by atoms with Crippen LogP contribution < -0.4 is 5.32 Å². The second-order valence-electron chi connectivity index (χ2n) is 5.20. The molecule has 2 amide bonds. The molecule has 1 aliphatic heterocycles. The van der Waals surface area contributed by atoms with Crippen LogP contribution in [0.1, 0.15) is 25.7 Å². The summed E-state index contributed by atoms with van der Waals surface area (Å²) in [6.45, 7) is 0.254. The Morgan fingerprint density at radius 1 is 1.00 bits per heavy atom. The first-order valence-corrected chi connectivity index (χ1v) is 6.50. The quantitative estimate of drug-likeness (QED) is 0.686. The Kier molecular flexibility index (Phi) is 3.92. The number of nitrogens with zero attached hydrogens (tertiary/aromatic N) is 1. The van der Waals surface area contributed by atoms with Crippen molar-refractivity contribution in [3.63, 3.8) is 0 Å². The molecule has 2 rings (SSSR count). The van der Waals surface area contributed by atoms with E-state index in [2.05, 4.69) is 5.32 Å². The fourth-order valence-corrected chi connectivity index (χ4v) is 2.50. The van der Waals surface area contributed by atoms with Gasteiger partial charge in [0, 0.05) is 19.1 Å². The maximum atomic E-state index is 11.9. The smallest absolute Gasteiger partial charge is 0.317 e. The molecule has 0 radical (unpaired) electrons. The standard InChI is InChI=1S/C12H18N2O5/c15-10(16)8-4-5-14(6-9(8)11(17)18)12(19)13-7-2-1-3-7/h7-9H,1-6H2,(H,13,19)(H,15,16)(H,17,18). The van der Waals surface area contributed by atoms with Crippen LogP contribution in [0.4, 0.5) is 4.79 Å². The third-order valence-electron chi connectivity index (χ3n) is 3.97. The molecule has 3 N–H and O–H groups in total. The molecule has 106 valence electrons. The number of carbonyl (C=O) groups excluding carboxylic acids is 1. The zero-order chi connectivity index (χ0) is 14.0. The van der Waals surface area contributed by atoms with E-state index in [-0.39, 0.29) is 25.0 Å². The number of carboxylic acids is 2. The van der Waals surface area contributed by atoms with Crippen molar-refractivity contribution in [1.82, 2.24) is 10.2 Å². The van der Waals surface area contributed by atoms with Crippen LogP contribution in [0.5, 0.6) is 0 Å². The SMILES string of the molecule is O=C(O)C1CCN(C(=O)NC2CCC2)CC1C(=O)O. The normalized spacial score (nSPS) is 27.5. The summed E-state index contributed by atoms with van der Waals surface area (Å²) in [6.07, 6.45) is 3.20. The van der Waals surface area contributed by atoms with Crippen molar-refractivity contribution >= 4 is 18.0 Å². The molecule has 1 saturated heterocycles. The molecule has 1 saturated carbocycles. The Hall–Kier alpha value is -1.79. The Labute approximate surface area is 110 Å². The Morgan fingerprint density at radius 3 is 2.11 bits per heavy atom. The molecule has 2 unspecified atom stereocenters. The van der Waals surface area contributed by atoms with E-state index in [4.69, 9.17) is 10.2 Å². The minimum absolute atomic E-state index is 0.0369. The number of carbonyl (C=O) groups is 3. The molecule has 2 atom stereocenters. The molecule has 19 heavy (non-hydrogen) atoms. The Morgan fingerprint density at radius 2 is 1.63 bits per heavy atom. The maximum absolute atomic E-state index is 11.9. The molecule has 7 heteroatoms. The summed E-state index contributed by atoms with van der Waals surface area (Å²) in [6, 6.07) is -0.0900. The van der Waals surface area contributed by atoms with Crippen molar-refractivity contribution in [2.75, 3.05) is 13.1 Å². The number of piperidine rings is 1. The first-order valence-electron chi connectivity index (χ1n) is 6.50. The van der Waals surface area contributed by atoms with Crippen LogP contribution in [0.25, 0.3) is 0 Å². The van der Waals surface area contributed by atoms with Crippen LogP contribution >= 0.6 is 0 Å². The molecule has 2 fully saturated rings. The third-order valence-corrected chi connectivity index (χ3v) is 3.97. The van der Waals surface area contributed by atoms with Gasteiger partial charge in [-0.25, -0.2) is 4.79 Å². The summed E-state index contributed by atoms with van der Waals surface area (Å²) in [5, 5.41) is 20.9. The average molecular weight is 270 g/mol. The monoisotopic (exact) mass is 270 g/mol. The molecule has 7 nitrogen and oxygen atoms in total. The number of aliphatic carboxylic acids is 2. The lowest BCUT2D eigenvalue weighted by Gasteiger charge is -2.36. The van der Waals surface area contributed by atoms with Crippen molar-refractivity contribution < 1.29 is 24.6 Å². The molecular weight excluding hydrogens is 252 g/mol. The van der Waals surface area contributed by atoms with E-state index in [1.807, 2.05) is 0 Å². The number of carboxylic acid groups (broad SMARTS) is 2. The first-order chi connectivity index (χ1) is 8.99. The first kappa shape index (κ1) is 13.6. The van der Waals surface area contributed by atoms with E-state index in [1.54, 1.807) is 0 Å². The summed E-state index contributed by atoms with van der Waals surface area (Å²) in [4.78, 5) is 35.4. The summed E-state index contributed by atoms with van der Waals surface area (Å²) in [5.41, 5.74) is 0. The van der Waals surface area contributed by atoms with E-state index < -0.39 is 23.8 Å². The molecule has 2 aliphatic rings. The van der Waals surface area contributed by atoms with Crippen molar-refractivity contribution in [3.8, 4) is 0 Å². The molecule has 0 aromatic carbocycles. The minimum Gasteiger partial charge on any atom is -0.481 e. The van der Waals surface area contributed by atoms with Crippen LogP contribution in [-0.2, 0) is 9.59 Å². The highest BCUT2D eigenvalue weighted by atomic mass is 16.4. The average Bonchev–Trinajstić information content (AvgIpc) is 2.32. The van der Waals surface area contributed by atoms with Gasteiger partial charge in [0.25, 0.3) is 0 Å². The van der Waals surface area contributed by atoms with Gasteiger partial charge in [-0.1, -0.05) is 0 Å². The second kappa shape index (κ2) is 5.46. The molecule has 1 heterocycles. The van der Waals surface area contributed by atoms with E-state index in [9.17, 15) is 14.4 Å². The zero-order valence-electron chi connectivity index (χ0n) is 10.5. The Balaban J connectivity index is 1.95. The zero-order valence-corrected chi connectivity index (χ0v) is 10.5. The number of hydrogen-bond acceptors (Lipinski definition) is 3. The van der Waals surface area contributed by atoms with E-state index in [1.165, 1.54) is 4.90 Å². The lowest BCUT2D eigenvalue weighted by Crippen LogP contribution is -2.54. The highest BCUT2D eigenvalue weighted by molar-refractivity contribution is 5.82. The van der Waals surface area contributed by atoms with Crippen LogP contribution in [0.15, 0.2) is 0 Å². The van der Waals surface area contributed by atoms with Crippen molar-refractivity contribution in [2.45, 2.75) is 31.7 Å². The number of urea groups is 1. The van der Waals surface area contributed by atoms with Gasteiger partial charge in [0.2, 0.25) is 0 Å². The maximum Gasteiger partial charge on any atom is 0.317 e. The third kappa shape index (κ3) is 2.97. The summed E-state index contributed by atoms with van der Waals surface area (Å²) in [7, 11) is 0. The highest BCUT2D eigenvalue weighted by Crippen LogP contribution is 2.25. The van der Waals surface area contributed by atoms with Gasteiger partial charge in [-0.15, -0.1) is 0 Å². The number of rotatable bonds is 3. The van der Waals surface area contributed by atoms with Gasteiger partial charge in [0.1, 0.15) is 0 Å². The highest BCUT2D eigenvalue weighted by Gasteiger charge is 2.40. The number of likely N-dealkylation sites (tertiary alicyclic amines) is 1. The van der Waals surface area contributed by atoms with E-state index in [0.717, 1.165) is 19.3 Å². The minimum atomic E-state index is -1.16. The number of amides is 2. The molecular formula is C12H18N2O5. The van der Waals surface area contributed by atoms with Gasteiger partial charge in [0.15, 0.2) is 0 Å². The topological polar surface area (TPSA) is 107 Å². The predicted octanol–water partition coefficient (Wildman–Crippen LogP) is 0.356. The van der Waals surface area contributed by atoms with Crippen molar-refractivity contribution in [2.24, 2.45) is 11.8 Å². The van der Waals surface area contributed by atoms with Gasteiger partial charge in [0.05, 0.1) is 11.8 Å². The van der Waals surface area contributed by atoms with E-state index in [0.29, 0.717) is 6.54 Å². The summed E-state index contributed by atoms with van der Waals surface area (Å²) in [5.74, 6) is -4.20. The molecule has 0 spiro atoms. The fourth-order valence-electron chi connectivity index (χ4n) is 2.50.